The molecule has 1 aromatic heterocycles. The molecule has 3 N–H and O–H groups in total. The van der Waals surface area contributed by atoms with Crippen molar-refractivity contribution in [3.8, 4) is 0 Å². The minimum atomic E-state index is -3.58. The first-order chi connectivity index (χ1) is 13.8. The SMILES string of the molecule is NC(=O)CSc1ccccc1NC(=O)c1ccc(CS(=O)(=O)c2ccccc2)o1. The van der Waals surface area contributed by atoms with Crippen LogP contribution in [-0.4, -0.2) is 26.0 Å². The third kappa shape index (κ3) is 5.49. The minimum absolute atomic E-state index is 0.0158. The van der Waals surface area contributed by atoms with Gasteiger partial charge in [0.15, 0.2) is 15.6 Å². The number of carbonyl (C=O) groups is 2. The number of amides is 2. The van der Waals surface area contributed by atoms with Crippen LogP contribution in [0, 0.1) is 0 Å². The summed E-state index contributed by atoms with van der Waals surface area (Å²) in [4.78, 5) is 24.4. The maximum atomic E-state index is 12.5. The lowest BCUT2D eigenvalue weighted by atomic mass is 10.3. The van der Waals surface area contributed by atoms with E-state index in [0.717, 1.165) is 0 Å². The highest BCUT2D eigenvalue weighted by Crippen LogP contribution is 2.27. The maximum Gasteiger partial charge on any atom is 0.291 e. The van der Waals surface area contributed by atoms with E-state index in [2.05, 4.69) is 5.32 Å². The van der Waals surface area contributed by atoms with E-state index in [1.54, 1.807) is 42.5 Å². The summed E-state index contributed by atoms with van der Waals surface area (Å²) in [5.74, 6) is -1.12. The summed E-state index contributed by atoms with van der Waals surface area (Å²) in [5.41, 5.74) is 5.67. The molecule has 7 nitrogen and oxygen atoms in total. The number of sulfone groups is 1. The molecular formula is C20H18N2O5S2. The lowest BCUT2D eigenvalue weighted by Gasteiger charge is -2.09. The van der Waals surface area contributed by atoms with Crippen LogP contribution in [0.5, 0.6) is 0 Å². The zero-order valence-corrected chi connectivity index (χ0v) is 16.8. The van der Waals surface area contributed by atoms with Gasteiger partial charge in [-0.2, -0.15) is 0 Å². The summed E-state index contributed by atoms with van der Waals surface area (Å²) < 4.78 is 30.3. The highest BCUT2D eigenvalue weighted by Gasteiger charge is 2.19. The number of anilines is 1. The number of hydrogen-bond donors (Lipinski definition) is 2. The summed E-state index contributed by atoms with van der Waals surface area (Å²) in [7, 11) is -3.58. The van der Waals surface area contributed by atoms with E-state index in [9.17, 15) is 18.0 Å². The van der Waals surface area contributed by atoms with Crippen molar-refractivity contribution in [2.24, 2.45) is 5.73 Å². The van der Waals surface area contributed by atoms with Crippen molar-refractivity contribution in [2.75, 3.05) is 11.1 Å². The van der Waals surface area contributed by atoms with Gasteiger partial charge >= 0.3 is 0 Å². The highest BCUT2D eigenvalue weighted by atomic mass is 32.2. The fraction of sp³-hybridized carbons (Fsp3) is 0.100. The van der Waals surface area contributed by atoms with E-state index >= 15 is 0 Å². The van der Waals surface area contributed by atoms with Crippen LogP contribution >= 0.6 is 11.8 Å². The molecule has 0 aliphatic carbocycles. The first kappa shape index (κ1) is 20.7. The van der Waals surface area contributed by atoms with Crippen LogP contribution in [0.15, 0.2) is 80.9 Å². The summed E-state index contributed by atoms with van der Waals surface area (Å²) >= 11 is 1.20. The topological polar surface area (TPSA) is 119 Å². The van der Waals surface area contributed by atoms with Crippen LogP contribution in [0.4, 0.5) is 5.69 Å². The number of carbonyl (C=O) groups excluding carboxylic acids is 2. The summed E-state index contributed by atoms with van der Waals surface area (Å²) in [6.45, 7) is 0. The molecule has 0 atom stereocenters. The zero-order chi connectivity index (χ0) is 20.9. The van der Waals surface area contributed by atoms with Crippen LogP contribution in [0.3, 0.4) is 0 Å². The van der Waals surface area contributed by atoms with Crippen LogP contribution in [0.25, 0.3) is 0 Å². The Morgan fingerprint density at radius 1 is 0.966 bits per heavy atom. The first-order valence-corrected chi connectivity index (χ1v) is 11.2. The molecule has 1 heterocycles. The van der Waals surface area contributed by atoms with Gasteiger partial charge in [0.25, 0.3) is 5.91 Å². The molecule has 2 aromatic carbocycles. The molecule has 2 amide bonds. The van der Waals surface area contributed by atoms with Gasteiger partial charge in [0, 0.05) is 4.90 Å². The zero-order valence-electron chi connectivity index (χ0n) is 15.2. The quantitative estimate of drug-likeness (QED) is 0.530. The normalized spacial score (nSPS) is 11.2. The van der Waals surface area contributed by atoms with Crippen molar-refractivity contribution >= 4 is 39.1 Å². The van der Waals surface area contributed by atoms with E-state index in [-0.39, 0.29) is 27.9 Å². The van der Waals surface area contributed by atoms with Crippen molar-refractivity contribution in [1.29, 1.82) is 0 Å². The van der Waals surface area contributed by atoms with Crippen molar-refractivity contribution in [2.45, 2.75) is 15.5 Å². The van der Waals surface area contributed by atoms with Crippen molar-refractivity contribution in [3.63, 3.8) is 0 Å². The molecule has 3 aromatic rings. The predicted molar refractivity (Wildman–Crippen MR) is 110 cm³/mol. The van der Waals surface area contributed by atoms with E-state index in [1.807, 2.05) is 0 Å². The number of benzene rings is 2. The Labute approximate surface area is 172 Å². The molecule has 0 fully saturated rings. The second-order valence-corrected chi connectivity index (χ2v) is 9.05. The predicted octanol–water partition coefficient (Wildman–Crippen LogP) is 3.08. The van der Waals surface area contributed by atoms with Crippen LogP contribution in [0.1, 0.15) is 16.3 Å². The van der Waals surface area contributed by atoms with E-state index in [1.165, 1.54) is 36.0 Å². The molecule has 0 radical (unpaired) electrons. The molecule has 0 unspecified atom stereocenters. The van der Waals surface area contributed by atoms with Gasteiger partial charge in [0.1, 0.15) is 11.5 Å². The third-order valence-corrected chi connectivity index (χ3v) is 6.58. The molecule has 0 aliphatic heterocycles. The van der Waals surface area contributed by atoms with Crippen LogP contribution in [0.2, 0.25) is 0 Å². The lowest BCUT2D eigenvalue weighted by Crippen LogP contribution is -2.14. The number of thioether (sulfide) groups is 1. The summed E-state index contributed by atoms with van der Waals surface area (Å²) in [6.07, 6.45) is 0. The monoisotopic (exact) mass is 430 g/mol. The Morgan fingerprint density at radius 3 is 2.38 bits per heavy atom. The van der Waals surface area contributed by atoms with Crippen molar-refractivity contribution in [3.05, 3.63) is 78.3 Å². The molecule has 0 aliphatic rings. The second kappa shape index (κ2) is 8.97. The molecule has 29 heavy (non-hydrogen) atoms. The largest absolute Gasteiger partial charge is 0.455 e. The van der Waals surface area contributed by atoms with Crippen LogP contribution < -0.4 is 11.1 Å². The molecule has 0 saturated carbocycles. The fourth-order valence-corrected chi connectivity index (χ4v) is 4.52. The average molecular weight is 431 g/mol. The molecule has 0 saturated heterocycles. The minimum Gasteiger partial charge on any atom is -0.455 e. The Bertz CT molecular complexity index is 1120. The smallest absolute Gasteiger partial charge is 0.291 e. The molecular weight excluding hydrogens is 412 g/mol. The number of rotatable bonds is 8. The highest BCUT2D eigenvalue weighted by molar-refractivity contribution is 8.00. The fourth-order valence-electron chi connectivity index (χ4n) is 2.50. The number of hydrogen-bond acceptors (Lipinski definition) is 6. The molecule has 0 bridgehead atoms. The Kier molecular flexibility index (Phi) is 6.40. The Hall–Kier alpha value is -3.04. The lowest BCUT2D eigenvalue weighted by molar-refractivity contribution is -0.115. The van der Waals surface area contributed by atoms with Gasteiger partial charge in [0.05, 0.1) is 16.3 Å². The van der Waals surface area contributed by atoms with Gasteiger partial charge in [-0.05, 0) is 36.4 Å². The molecule has 3 rings (SSSR count). The van der Waals surface area contributed by atoms with Crippen molar-refractivity contribution < 1.29 is 22.4 Å². The standard InChI is InChI=1S/C20H18N2O5S2/c21-19(23)12-28-18-9-5-4-8-16(18)22-20(24)17-11-10-14(27-17)13-29(25,26)15-6-2-1-3-7-15/h1-11H,12-13H2,(H2,21,23)(H,22,24). The third-order valence-electron chi connectivity index (χ3n) is 3.83. The number of furan rings is 1. The number of nitrogens with two attached hydrogens (primary N) is 1. The van der Waals surface area contributed by atoms with Gasteiger partial charge < -0.3 is 15.5 Å². The molecule has 150 valence electrons. The van der Waals surface area contributed by atoms with Gasteiger partial charge in [-0.3, -0.25) is 9.59 Å². The summed E-state index contributed by atoms with van der Waals surface area (Å²) in [5, 5.41) is 2.70. The molecule has 9 heteroatoms. The number of primary amides is 1. The van der Waals surface area contributed by atoms with Gasteiger partial charge in [-0.1, -0.05) is 30.3 Å². The average Bonchev–Trinajstić information content (AvgIpc) is 3.16. The van der Waals surface area contributed by atoms with Crippen LogP contribution in [-0.2, 0) is 20.4 Å². The van der Waals surface area contributed by atoms with E-state index < -0.39 is 21.7 Å². The number of para-hydroxylation sites is 1. The maximum absolute atomic E-state index is 12.5. The van der Waals surface area contributed by atoms with Gasteiger partial charge in [-0.25, -0.2) is 8.42 Å². The Balaban J connectivity index is 1.71. The Morgan fingerprint density at radius 2 is 1.66 bits per heavy atom. The molecule has 0 spiro atoms. The summed E-state index contributed by atoms with van der Waals surface area (Å²) in [6, 6.07) is 17.9. The van der Waals surface area contributed by atoms with E-state index in [0.29, 0.717) is 10.6 Å². The van der Waals surface area contributed by atoms with Gasteiger partial charge in [0.2, 0.25) is 5.91 Å². The van der Waals surface area contributed by atoms with Crippen molar-refractivity contribution in [1.82, 2.24) is 0 Å². The first-order valence-electron chi connectivity index (χ1n) is 8.53. The second-order valence-electron chi connectivity index (χ2n) is 6.04. The number of nitrogens with one attached hydrogen (secondary N) is 1. The van der Waals surface area contributed by atoms with E-state index in [4.69, 9.17) is 10.2 Å². The van der Waals surface area contributed by atoms with Gasteiger partial charge in [-0.15, -0.1) is 11.8 Å².